The quantitative estimate of drug-likeness (QED) is 0.637. The minimum Gasteiger partial charge on any atom is -0.465 e. The zero-order chi connectivity index (χ0) is 14.5. The van der Waals surface area contributed by atoms with Gasteiger partial charge in [-0.2, -0.15) is 0 Å². The summed E-state index contributed by atoms with van der Waals surface area (Å²) >= 11 is 3.29. The summed E-state index contributed by atoms with van der Waals surface area (Å²) in [5, 5.41) is 0. The van der Waals surface area contributed by atoms with Crippen LogP contribution in [-0.4, -0.2) is 19.0 Å². The van der Waals surface area contributed by atoms with E-state index in [0.717, 1.165) is 0 Å². The van der Waals surface area contributed by atoms with Crippen LogP contribution < -0.4 is 4.74 Å². The first-order valence-electron chi connectivity index (χ1n) is 5.77. The number of carbonyl (C=O) groups is 2. The molecule has 0 atom stereocenters. The van der Waals surface area contributed by atoms with Crippen LogP contribution in [0.5, 0.6) is 5.75 Å². The van der Waals surface area contributed by atoms with Gasteiger partial charge < -0.3 is 9.47 Å². The first-order chi connectivity index (χ1) is 9.61. The van der Waals surface area contributed by atoms with Gasteiger partial charge in [0, 0.05) is 4.47 Å². The Morgan fingerprint density at radius 1 is 0.950 bits per heavy atom. The summed E-state index contributed by atoms with van der Waals surface area (Å²) in [6.07, 6.45) is 0. The first kappa shape index (κ1) is 14.3. The molecule has 5 heteroatoms. The minimum atomic E-state index is -0.469. The van der Waals surface area contributed by atoms with E-state index in [9.17, 15) is 9.59 Å². The number of hydrogen-bond donors (Lipinski definition) is 0. The first-order valence-corrected chi connectivity index (χ1v) is 6.56. The smallest absolute Gasteiger partial charge is 0.344 e. The van der Waals surface area contributed by atoms with Gasteiger partial charge in [-0.1, -0.05) is 12.1 Å². The molecule has 0 aliphatic carbocycles. The van der Waals surface area contributed by atoms with Crippen molar-refractivity contribution >= 4 is 27.9 Å². The molecule has 2 aromatic rings. The predicted molar refractivity (Wildman–Crippen MR) is 76.9 cm³/mol. The minimum absolute atomic E-state index is 0.360. The van der Waals surface area contributed by atoms with Crippen molar-refractivity contribution in [2.45, 2.75) is 0 Å². The van der Waals surface area contributed by atoms with Crippen molar-refractivity contribution in [3.8, 4) is 5.75 Å². The highest BCUT2D eigenvalue weighted by molar-refractivity contribution is 9.10. The largest absolute Gasteiger partial charge is 0.465 e. The third kappa shape index (κ3) is 3.24. The van der Waals surface area contributed by atoms with Crippen LogP contribution in [-0.2, 0) is 4.74 Å². The number of methoxy groups -OCH3 is 1. The van der Waals surface area contributed by atoms with Crippen LogP contribution >= 0.6 is 15.9 Å². The highest BCUT2D eigenvalue weighted by Crippen LogP contribution is 2.19. The molecule has 0 N–H and O–H groups in total. The molecule has 0 aliphatic heterocycles. The molecule has 102 valence electrons. The number of esters is 2. The Kier molecular flexibility index (Phi) is 4.53. The van der Waals surface area contributed by atoms with Crippen LogP contribution in [0.25, 0.3) is 0 Å². The molecule has 0 saturated heterocycles. The molecule has 0 unspecified atom stereocenters. The van der Waals surface area contributed by atoms with Crippen LogP contribution in [0.3, 0.4) is 0 Å². The van der Waals surface area contributed by atoms with Crippen molar-refractivity contribution in [3.05, 3.63) is 64.1 Å². The number of rotatable bonds is 3. The van der Waals surface area contributed by atoms with E-state index in [2.05, 4.69) is 20.7 Å². The topological polar surface area (TPSA) is 52.6 Å². The maximum atomic E-state index is 12.0. The third-order valence-electron chi connectivity index (χ3n) is 2.58. The molecule has 0 bridgehead atoms. The summed E-state index contributed by atoms with van der Waals surface area (Å²) < 4.78 is 10.5. The van der Waals surface area contributed by atoms with Crippen LogP contribution in [0, 0.1) is 0 Å². The average molecular weight is 335 g/mol. The van der Waals surface area contributed by atoms with Gasteiger partial charge in [0.05, 0.1) is 18.2 Å². The lowest BCUT2D eigenvalue weighted by atomic mass is 10.2. The van der Waals surface area contributed by atoms with E-state index >= 15 is 0 Å². The monoisotopic (exact) mass is 334 g/mol. The van der Waals surface area contributed by atoms with Gasteiger partial charge in [0.1, 0.15) is 5.75 Å². The molecule has 0 radical (unpaired) electrons. The maximum Gasteiger partial charge on any atom is 0.344 e. The van der Waals surface area contributed by atoms with Crippen LogP contribution in [0.2, 0.25) is 0 Å². The highest BCUT2D eigenvalue weighted by Gasteiger charge is 2.12. The molecule has 0 spiro atoms. The van der Waals surface area contributed by atoms with Gasteiger partial charge in [-0.3, -0.25) is 0 Å². The van der Waals surface area contributed by atoms with Crippen molar-refractivity contribution in [2.24, 2.45) is 0 Å². The molecule has 20 heavy (non-hydrogen) atoms. The summed E-state index contributed by atoms with van der Waals surface area (Å²) in [5.74, 6) is -0.546. The lowest BCUT2D eigenvalue weighted by Gasteiger charge is -2.06. The summed E-state index contributed by atoms with van der Waals surface area (Å²) in [5.41, 5.74) is 0.831. The highest BCUT2D eigenvalue weighted by atomic mass is 79.9. The summed E-state index contributed by atoms with van der Waals surface area (Å²) in [4.78, 5) is 23.2. The zero-order valence-corrected chi connectivity index (χ0v) is 12.2. The lowest BCUT2D eigenvalue weighted by Crippen LogP contribution is -2.09. The molecule has 0 aromatic heterocycles. The van der Waals surface area contributed by atoms with Crippen molar-refractivity contribution < 1.29 is 19.1 Å². The molecular formula is C15H11BrO4. The van der Waals surface area contributed by atoms with Gasteiger partial charge in [-0.25, -0.2) is 9.59 Å². The SMILES string of the molecule is COC(=O)c1ccc(OC(=O)c2ccccc2Br)cc1. The van der Waals surface area contributed by atoms with Gasteiger partial charge >= 0.3 is 11.9 Å². The lowest BCUT2D eigenvalue weighted by molar-refractivity contribution is 0.0600. The number of ether oxygens (including phenoxy) is 2. The van der Waals surface area contributed by atoms with E-state index in [1.165, 1.54) is 19.2 Å². The number of hydrogen-bond acceptors (Lipinski definition) is 4. The van der Waals surface area contributed by atoms with Gasteiger partial charge in [-0.15, -0.1) is 0 Å². The molecule has 2 aromatic carbocycles. The Morgan fingerprint density at radius 3 is 2.20 bits per heavy atom. The van der Waals surface area contributed by atoms with Crippen molar-refractivity contribution in [3.63, 3.8) is 0 Å². The molecule has 0 saturated carbocycles. The molecular weight excluding hydrogens is 324 g/mol. The van der Waals surface area contributed by atoms with Crippen molar-refractivity contribution in [1.82, 2.24) is 0 Å². The predicted octanol–water partition coefficient (Wildman–Crippen LogP) is 3.45. The summed E-state index contributed by atoms with van der Waals surface area (Å²) in [6, 6.07) is 13.1. The Balaban J connectivity index is 2.13. The molecule has 2 rings (SSSR count). The Labute approximate surface area is 124 Å². The Morgan fingerprint density at radius 2 is 1.60 bits per heavy atom. The second-order valence-electron chi connectivity index (χ2n) is 3.89. The van der Waals surface area contributed by atoms with Gasteiger partial charge in [0.15, 0.2) is 0 Å². The third-order valence-corrected chi connectivity index (χ3v) is 3.27. The van der Waals surface area contributed by atoms with E-state index in [4.69, 9.17) is 4.74 Å². The zero-order valence-electron chi connectivity index (χ0n) is 10.6. The fraction of sp³-hybridized carbons (Fsp3) is 0.0667. The van der Waals surface area contributed by atoms with Crippen LogP contribution in [0.4, 0.5) is 0 Å². The van der Waals surface area contributed by atoms with Crippen molar-refractivity contribution in [1.29, 1.82) is 0 Å². The second-order valence-corrected chi connectivity index (χ2v) is 4.74. The molecule has 4 nitrogen and oxygen atoms in total. The maximum absolute atomic E-state index is 12.0. The van der Waals surface area contributed by atoms with Gasteiger partial charge in [0.25, 0.3) is 0 Å². The second kappa shape index (κ2) is 6.34. The molecule has 0 fully saturated rings. The van der Waals surface area contributed by atoms with E-state index in [-0.39, 0.29) is 0 Å². The standard InChI is InChI=1S/C15H11BrO4/c1-19-14(17)10-6-8-11(9-7-10)20-15(18)12-4-2-3-5-13(12)16/h2-9H,1H3. The van der Waals surface area contributed by atoms with Crippen LogP contribution in [0.15, 0.2) is 53.0 Å². The summed E-state index contributed by atoms with van der Waals surface area (Å²) in [7, 11) is 1.31. The fourth-order valence-corrected chi connectivity index (χ4v) is 2.01. The number of halogens is 1. The fourth-order valence-electron chi connectivity index (χ4n) is 1.57. The number of benzene rings is 2. The Hall–Kier alpha value is -2.14. The van der Waals surface area contributed by atoms with Gasteiger partial charge in [-0.05, 0) is 52.3 Å². The van der Waals surface area contributed by atoms with Crippen LogP contribution in [0.1, 0.15) is 20.7 Å². The average Bonchev–Trinajstić information content (AvgIpc) is 2.47. The van der Waals surface area contributed by atoms with E-state index in [1.807, 2.05) is 6.07 Å². The molecule has 0 amide bonds. The van der Waals surface area contributed by atoms with E-state index in [1.54, 1.807) is 30.3 Å². The normalized spacial score (nSPS) is 9.90. The Bertz CT molecular complexity index is 635. The number of carbonyl (C=O) groups excluding carboxylic acids is 2. The van der Waals surface area contributed by atoms with Crippen molar-refractivity contribution in [2.75, 3.05) is 7.11 Å². The molecule has 0 aliphatic rings. The van der Waals surface area contributed by atoms with E-state index < -0.39 is 11.9 Å². The molecule has 0 heterocycles. The summed E-state index contributed by atoms with van der Waals surface area (Å²) in [6.45, 7) is 0. The van der Waals surface area contributed by atoms with Gasteiger partial charge in [0.2, 0.25) is 0 Å². The van der Waals surface area contributed by atoms with E-state index in [0.29, 0.717) is 21.3 Å².